The van der Waals surface area contributed by atoms with Gasteiger partial charge in [-0.05, 0) is 13.0 Å². The Bertz CT molecular complexity index is 323. The Morgan fingerprint density at radius 3 is 2.79 bits per heavy atom. The molecule has 0 aromatic carbocycles. The van der Waals surface area contributed by atoms with E-state index in [0.717, 1.165) is 17.8 Å². The second kappa shape index (κ2) is 5.07. The van der Waals surface area contributed by atoms with Crippen molar-refractivity contribution in [2.24, 2.45) is 5.73 Å². The molecular formula is C9H14N2O2S. The van der Waals surface area contributed by atoms with Crippen molar-refractivity contribution in [1.82, 2.24) is 4.98 Å². The quantitative estimate of drug-likeness (QED) is 0.774. The molecule has 5 heteroatoms. The van der Waals surface area contributed by atoms with Crippen LogP contribution in [0.5, 0.6) is 0 Å². The van der Waals surface area contributed by atoms with Crippen LogP contribution in [0.3, 0.4) is 0 Å². The van der Waals surface area contributed by atoms with Crippen molar-refractivity contribution in [3.8, 4) is 0 Å². The van der Waals surface area contributed by atoms with Gasteiger partial charge in [-0.1, -0.05) is 13.3 Å². The first kappa shape index (κ1) is 11.1. The molecule has 0 amide bonds. The van der Waals surface area contributed by atoms with Gasteiger partial charge in [0, 0.05) is 6.42 Å². The summed E-state index contributed by atoms with van der Waals surface area (Å²) in [6.45, 7) is 2.52. The first-order valence-electron chi connectivity index (χ1n) is 4.61. The van der Waals surface area contributed by atoms with Gasteiger partial charge in [-0.25, -0.2) is 9.78 Å². The highest BCUT2D eigenvalue weighted by Crippen LogP contribution is 2.20. The van der Waals surface area contributed by atoms with E-state index in [4.69, 9.17) is 10.8 Å². The number of carbonyl (C=O) groups is 1. The zero-order valence-electron chi connectivity index (χ0n) is 8.12. The molecule has 1 aromatic heterocycles. The Kier molecular flexibility index (Phi) is 4.03. The van der Waals surface area contributed by atoms with E-state index in [0.29, 0.717) is 23.5 Å². The maximum atomic E-state index is 10.9. The van der Waals surface area contributed by atoms with Gasteiger partial charge < -0.3 is 10.8 Å². The molecule has 0 atom stereocenters. The monoisotopic (exact) mass is 214 g/mol. The summed E-state index contributed by atoms with van der Waals surface area (Å²) in [5.41, 5.74) is 6.09. The van der Waals surface area contributed by atoms with Crippen LogP contribution < -0.4 is 5.73 Å². The van der Waals surface area contributed by atoms with Gasteiger partial charge in [-0.2, -0.15) is 0 Å². The first-order chi connectivity index (χ1) is 6.69. The van der Waals surface area contributed by atoms with Crippen molar-refractivity contribution in [3.05, 3.63) is 15.6 Å². The molecule has 0 fully saturated rings. The third-order valence-electron chi connectivity index (χ3n) is 1.78. The highest BCUT2D eigenvalue weighted by atomic mass is 32.1. The zero-order valence-corrected chi connectivity index (χ0v) is 8.93. The molecule has 0 unspecified atom stereocenters. The SMILES string of the molecule is CCCc1nc(CCN)sc1C(=O)O. The molecule has 1 rings (SSSR count). The predicted molar refractivity (Wildman–Crippen MR) is 55.8 cm³/mol. The molecule has 0 saturated heterocycles. The molecular weight excluding hydrogens is 200 g/mol. The van der Waals surface area contributed by atoms with Crippen LogP contribution in [0.15, 0.2) is 0 Å². The highest BCUT2D eigenvalue weighted by Gasteiger charge is 2.15. The van der Waals surface area contributed by atoms with Crippen molar-refractivity contribution in [3.63, 3.8) is 0 Å². The van der Waals surface area contributed by atoms with Crippen LogP contribution in [0.1, 0.15) is 33.7 Å². The molecule has 0 radical (unpaired) electrons. The largest absolute Gasteiger partial charge is 0.477 e. The topological polar surface area (TPSA) is 76.2 Å². The molecule has 0 aliphatic rings. The molecule has 1 aromatic rings. The number of rotatable bonds is 5. The number of aromatic nitrogens is 1. The molecule has 0 aliphatic heterocycles. The fourth-order valence-corrected chi connectivity index (χ4v) is 2.17. The lowest BCUT2D eigenvalue weighted by atomic mass is 10.2. The first-order valence-corrected chi connectivity index (χ1v) is 5.42. The summed E-state index contributed by atoms with van der Waals surface area (Å²) in [5, 5.41) is 9.74. The minimum absolute atomic E-state index is 0.371. The van der Waals surface area contributed by atoms with Crippen LogP contribution in [0.2, 0.25) is 0 Å². The van der Waals surface area contributed by atoms with Gasteiger partial charge in [0.15, 0.2) is 0 Å². The van der Waals surface area contributed by atoms with Crippen molar-refractivity contribution in [2.75, 3.05) is 6.54 Å². The summed E-state index contributed by atoms with van der Waals surface area (Å²) in [7, 11) is 0. The lowest BCUT2D eigenvalue weighted by Gasteiger charge is -1.93. The van der Waals surface area contributed by atoms with E-state index in [9.17, 15) is 4.79 Å². The molecule has 0 bridgehead atoms. The Hall–Kier alpha value is -0.940. The molecule has 0 spiro atoms. The smallest absolute Gasteiger partial charge is 0.347 e. The van der Waals surface area contributed by atoms with Gasteiger partial charge in [-0.3, -0.25) is 0 Å². The van der Waals surface area contributed by atoms with E-state index in [1.165, 1.54) is 11.3 Å². The van der Waals surface area contributed by atoms with Gasteiger partial charge in [0.2, 0.25) is 0 Å². The maximum absolute atomic E-state index is 10.9. The lowest BCUT2D eigenvalue weighted by molar-refractivity contribution is 0.0700. The van der Waals surface area contributed by atoms with Crippen LogP contribution in [0.25, 0.3) is 0 Å². The second-order valence-electron chi connectivity index (χ2n) is 2.98. The number of carboxylic acids is 1. The Labute approximate surface area is 86.8 Å². The lowest BCUT2D eigenvalue weighted by Crippen LogP contribution is -2.02. The van der Waals surface area contributed by atoms with Crippen LogP contribution in [-0.4, -0.2) is 22.6 Å². The average molecular weight is 214 g/mol. The van der Waals surface area contributed by atoms with Crippen molar-refractivity contribution >= 4 is 17.3 Å². The van der Waals surface area contributed by atoms with E-state index in [2.05, 4.69) is 4.98 Å². The van der Waals surface area contributed by atoms with Crippen LogP contribution in [-0.2, 0) is 12.8 Å². The number of hydrogen-bond acceptors (Lipinski definition) is 4. The van der Waals surface area contributed by atoms with Crippen LogP contribution in [0, 0.1) is 0 Å². The van der Waals surface area contributed by atoms with E-state index in [1.807, 2.05) is 6.92 Å². The van der Waals surface area contributed by atoms with Crippen molar-refractivity contribution in [2.45, 2.75) is 26.2 Å². The zero-order chi connectivity index (χ0) is 10.6. The van der Waals surface area contributed by atoms with Gasteiger partial charge in [-0.15, -0.1) is 11.3 Å². The molecule has 78 valence electrons. The summed E-state index contributed by atoms with van der Waals surface area (Å²) in [4.78, 5) is 15.5. The fourth-order valence-electron chi connectivity index (χ4n) is 1.20. The predicted octanol–water partition coefficient (Wildman–Crippen LogP) is 1.30. The van der Waals surface area contributed by atoms with Gasteiger partial charge >= 0.3 is 5.97 Å². The van der Waals surface area contributed by atoms with E-state index in [-0.39, 0.29) is 0 Å². The fraction of sp³-hybridized carbons (Fsp3) is 0.556. The molecule has 14 heavy (non-hydrogen) atoms. The van der Waals surface area contributed by atoms with E-state index >= 15 is 0 Å². The molecule has 0 saturated carbocycles. The Morgan fingerprint density at radius 1 is 1.57 bits per heavy atom. The van der Waals surface area contributed by atoms with E-state index < -0.39 is 5.97 Å². The van der Waals surface area contributed by atoms with Crippen molar-refractivity contribution in [1.29, 1.82) is 0 Å². The number of aryl methyl sites for hydroxylation is 1. The third kappa shape index (κ3) is 2.52. The summed E-state index contributed by atoms with van der Waals surface area (Å²) in [5.74, 6) is -0.880. The number of carboxylic acid groups (broad SMARTS) is 1. The number of thiazole rings is 1. The Morgan fingerprint density at radius 2 is 2.29 bits per heavy atom. The standard InChI is InChI=1S/C9H14N2O2S/c1-2-3-6-8(9(12)13)14-7(11-6)4-5-10/h2-5,10H2,1H3,(H,12,13). The number of aromatic carboxylic acids is 1. The normalized spacial score (nSPS) is 10.4. The summed E-state index contributed by atoms with van der Waals surface area (Å²) in [6.07, 6.45) is 2.30. The maximum Gasteiger partial charge on any atom is 0.347 e. The molecule has 1 heterocycles. The number of nitrogens with zero attached hydrogens (tertiary/aromatic N) is 1. The summed E-state index contributed by atoms with van der Waals surface area (Å²) in [6, 6.07) is 0. The molecule has 0 aliphatic carbocycles. The summed E-state index contributed by atoms with van der Waals surface area (Å²) >= 11 is 1.24. The molecule has 4 nitrogen and oxygen atoms in total. The average Bonchev–Trinajstić information content (AvgIpc) is 2.49. The minimum Gasteiger partial charge on any atom is -0.477 e. The molecule has 3 N–H and O–H groups in total. The Balaban J connectivity index is 2.93. The number of hydrogen-bond donors (Lipinski definition) is 2. The van der Waals surface area contributed by atoms with Crippen LogP contribution in [0.4, 0.5) is 0 Å². The summed E-state index contributed by atoms with van der Waals surface area (Å²) < 4.78 is 0. The number of nitrogens with two attached hydrogens (primary N) is 1. The third-order valence-corrected chi connectivity index (χ3v) is 2.93. The van der Waals surface area contributed by atoms with Gasteiger partial charge in [0.25, 0.3) is 0 Å². The van der Waals surface area contributed by atoms with E-state index in [1.54, 1.807) is 0 Å². The second-order valence-corrected chi connectivity index (χ2v) is 4.06. The van der Waals surface area contributed by atoms with Crippen molar-refractivity contribution < 1.29 is 9.90 Å². The van der Waals surface area contributed by atoms with Gasteiger partial charge in [0.05, 0.1) is 10.7 Å². The van der Waals surface area contributed by atoms with Crippen LogP contribution >= 0.6 is 11.3 Å². The highest BCUT2D eigenvalue weighted by molar-refractivity contribution is 7.13. The van der Waals surface area contributed by atoms with Gasteiger partial charge in [0.1, 0.15) is 4.88 Å². The minimum atomic E-state index is -0.880.